The zero-order chi connectivity index (χ0) is 14.6. The Morgan fingerprint density at radius 1 is 1.45 bits per heavy atom. The van der Waals surface area contributed by atoms with E-state index in [1.165, 1.54) is 7.11 Å². The minimum Gasteiger partial charge on any atom is -0.469 e. The number of thioether (sulfide) groups is 1. The van der Waals surface area contributed by atoms with Crippen LogP contribution in [-0.2, 0) is 19.1 Å². The molecule has 0 N–H and O–H groups in total. The zero-order valence-electron chi connectivity index (χ0n) is 12.2. The van der Waals surface area contributed by atoms with Gasteiger partial charge in [-0.3, -0.25) is 9.59 Å². The Labute approximate surface area is 124 Å². The lowest BCUT2D eigenvalue weighted by molar-refractivity contribution is -0.141. The number of esters is 1. The van der Waals surface area contributed by atoms with Crippen LogP contribution in [0.2, 0.25) is 0 Å². The van der Waals surface area contributed by atoms with E-state index in [1.54, 1.807) is 11.8 Å². The van der Waals surface area contributed by atoms with Gasteiger partial charge in [-0.1, -0.05) is 0 Å². The third kappa shape index (κ3) is 4.38. The average molecular weight is 301 g/mol. The Bertz CT molecular complexity index is 370. The van der Waals surface area contributed by atoms with Crippen LogP contribution in [0.3, 0.4) is 0 Å². The molecule has 0 radical (unpaired) electrons. The first kappa shape index (κ1) is 15.6. The van der Waals surface area contributed by atoms with Crippen molar-refractivity contribution in [2.45, 2.75) is 32.3 Å². The second-order valence-corrected chi connectivity index (χ2v) is 6.75. The van der Waals surface area contributed by atoms with Gasteiger partial charge in [-0.25, -0.2) is 0 Å². The summed E-state index contributed by atoms with van der Waals surface area (Å²) in [6.45, 7) is 4.00. The molecule has 1 saturated carbocycles. The number of amides is 1. The molecule has 1 heterocycles. The summed E-state index contributed by atoms with van der Waals surface area (Å²) in [6.07, 6.45) is 2.75. The molecule has 1 aliphatic carbocycles. The van der Waals surface area contributed by atoms with E-state index in [9.17, 15) is 9.59 Å². The molecule has 2 aliphatic rings. The molecule has 1 atom stereocenters. The number of carbonyl (C=O) groups excluding carboxylic acids is 2. The van der Waals surface area contributed by atoms with Gasteiger partial charge in [0.1, 0.15) is 0 Å². The maximum absolute atomic E-state index is 12.1. The van der Waals surface area contributed by atoms with Crippen LogP contribution >= 0.6 is 11.8 Å². The van der Waals surface area contributed by atoms with Crippen LogP contribution in [0.5, 0.6) is 0 Å². The lowest BCUT2D eigenvalue weighted by atomic mass is 10.1. The second-order valence-electron chi connectivity index (χ2n) is 5.77. The normalized spacial score (nSPS) is 24.3. The van der Waals surface area contributed by atoms with Crippen molar-refractivity contribution in [2.24, 2.45) is 5.41 Å². The highest BCUT2D eigenvalue weighted by Gasteiger charge is 2.44. The van der Waals surface area contributed by atoms with Crippen molar-refractivity contribution in [1.82, 2.24) is 4.90 Å². The van der Waals surface area contributed by atoms with Crippen LogP contribution in [-0.4, -0.2) is 61.2 Å². The molecule has 1 amide bonds. The number of hydrogen-bond acceptors (Lipinski definition) is 5. The molecule has 1 unspecified atom stereocenters. The first-order valence-electron chi connectivity index (χ1n) is 7.09. The molecule has 0 aromatic carbocycles. The molecule has 2 fully saturated rings. The van der Waals surface area contributed by atoms with Crippen molar-refractivity contribution < 1.29 is 19.1 Å². The fraction of sp³-hybridized carbons (Fsp3) is 0.857. The number of morpholine rings is 1. The van der Waals surface area contributed by atoms with Crippen LogP contribution in [0, 0.1) is 5.41 Å². The zero-order valence-corrected chi connectivity index (χ0v) is 13.0. The molecule has 6 heteroatoms. The van der Waals surface area contributed by atoms with Crippen LogP contribution in [0.25, 0.3) is 0 Å². The van der Waals surface area contributed by atoms with Gasteiger partial charge in [0.25, 0.3) is 0 Å². The van der Waals surface area contributed by atoms with E-state index in [2.05, 4.69) is 0 Å². The van der Waals surface area contributed by atoms with Gasteiger partial charge in [0, 0.05) is 13.1 Å². The number of nitrogens with zero attached hydrogens (tertiary/aromatic N) is 1. The van der Waals surface area contributed by atoms with Crippen molar-refractivity contribution in [2.75, 3.05) is 38.3 Å². The van der Waals surface area contributed by atoms with Crippen LogP contribution < -0.4 is 0 Å². The van der Waals surface area contributed by atoms with E-state index in [-0.39, 0.29) is 23.4 Å². The summed E-state index contributed by atoms with van der Waals surface area (Å²) in [7, 11) is 1.43. The van der Waals surface area contributed by atoms with E-state index in [0.717, 1.165) is 18.6 Å². The largest absolute Gasteiger partial charge is 0.469 e. The highest BCUT2D eigenvalue weighted by molar-refractivity contribution is 7.99. The molecule has 2 rings (SSSR count). The molecule has 1 aliphatic heterocycles. The summed E-state index contributed by atoms with van der Waals surface area (Å²) in [5, 5.41) is 0. The lowest BCUT2D eigenvalue weighted by Gasteiger charge is -2.31. The summed E-state index contributed by atoms with van der Waals surface area (Å²) in [5.74, 6) is 1.40. The average Bonchev–Trinajstić information content (AvgIpc) is 3.18. The van der Waals surface area contributed by atoms with E-state index >= 15 is 0 Å². The molecule has 0 aromatic rings. The lowest BCUT2D eigenvalue weighted by Crippen LogP contribution is -2.45. The van der Waals surface area contributed by atoms with E-state index in [4.69, 9.17) is 9.47 Å². The summed E-state index contributed by atoms with van der Waals surface area (Å²) >= 11 is 1.64. The van der Waals surface area contributed by atoms with E-state index in [1.807, 2.05) is 11.8 Å². The summed E-state index contributed by atoms with van der Waals surface area (Å²) in [5.41, 5.74) is 0.0936. The Hall–Kier alpha value is -0.750. The number of hydrogen-bond donors (Lipinski definition) is 0. The topological polar surface area (TPSA) is 55.8 Å². The first-order valence-corrected chi connectivity index (χ1v) is 8.24. The molecular formula is C14H23NO4S. The second kappa shape index (κ2) is 6.80. The maximum atomic E-state index is 12.1. The van der Waals surface area contributed by atoms with Gasteiger partial charge in [-0.2, -0.15) is 11.8 Å². The van der Waals surface area contributed by atoms with Crippen molar-refractivity contribution in [3.8, 4) is 0 Å². The minimum atomic E-state index is -0.142. The summed E-state index contributed by atoms with van der Waals surface area (Å²) in [4.78, 5) is 25.3. The van der Waals surface area contributed by atoms with Gasteiger partial charge in [0.15, 0.2) is 0 Å². The number of rotatable bonds is 6. The molecule has 1 saturated heterocycles. The quantitative estimate of drug-likeness (QED) is 0.692. The van der Waals surface area contributed by atoms with E-state index < -0.39 is 0 Å². The van der Waals surface area contributed by atoms with Gasteiger partial charge in [-0.15, -0.1) is 0 Å². The SMILES string of the molecule is COC(=O)CC1(CSCC(=O)N2CCOC(C)C2)CC1. The van der Waals surface area contributed by atoms with Gasteiger partial charge >= 0.3 is 5.97 Å². The third-order valence-electron chi connectivity index (χ3n) is 3.93. The van der Waals surface area contributed by atoms with Crippen molar-refractivity contribution in [3.05, 3.63) is 0 Å². The summed E-state index contributed by atoms with van der Waals surface area (Å²) in [6, 6.07) is 0. The Kier molecular flexibility index (Phi) is 5.32. The Morgan fingerprint density at radius 3 is 2.80 bits per heavy atom. The number of ether oxygens (including phenoxy) is 2. The number of carbonyl (C=O) groups is 2. The predicted molar refractivity (Wildman–Crippen MR) is 77.6 cm³/mol. The van der Waals surface area contributed by atoms with Crippen LogP contribution in [0.4, 0.5) is 0 Å². The van der Waals surface area contributed by atoms with Crippen molar-refractivity contribution in [3.63, 3.8) is 0 Å². The molecule has 114 valence electrons. The van der Waals surface area contributed by atoms with Crippen LogP contribution in [0.15, 0.2) is 0 Å². The fourth-order valence-corrected chi connectivity index (χ4v) is 3.70. The molecular weight excluding hydrogens is 278 g/mol. The monoisotopic (exact) mass is 301 g/mol. The van der Waals surface area contributed by atoms with E-state index in [0.29, 0.717) is 31.9 Å². The van der Waals surface area contributed by atoms with Gasteiger partial charge in [-0.05, 0) is 30.9 Å². The molecule has 5 nitrogen and oxygen atoms in total. The minimum absolute atomic E-state index is 0.0936. The highest BCUT2D eigenvalue weighted by atomic mass is 32.2. The third-order valence-corrected chi connectivity index (χ3v) is 5.20. The molecule has 0 bridgehead atoms. The molecule has 0 aromatic heterocycles. The number of methoxy groups -OCH3 is 1. The Balaban J connectivity index is 1.68. The van der Waals surface area contributed by atoms with Crippen LogP contribution in [0.1, 0.15) is 26.2 Å². The maximum Gasteiger partial charge on any atom is 0.306 e. The fourth-order valence-electron chi connectivity index (χ4n) is 2.42. The van der Waals surface area contributed by atoms with Gasteiger partial charge < -0.3 is 14.4 Å². The predicted octanol–water partition coefficient (Wildman–Crippen LogP) is 1.31. The first-order chi connectivity index (χ1) is 9.54. The highest BCUT2D eigenvalue weighted by Crippen LogP contribution is 2.51. The standard InChI is InChI=1S/C14H23NO4S/c1-11-8-15(5-6-19-11)12(16)9-20-10-14(3-4-14)7-13(17)18-2/h11H,3-10H2,1-2H3. The molecule has 20 heavy (non-hydrogen) atoms. The van der Waals surface area contributed by atoms with Gasteiger partial charge in [0.05, 0.1) is 32.0 Å². The Morgan fingerprint density at radius 2 is 2.20 bits per heavy atom. The molecule has 0 spiro atoms. The smallest absolute Gasteiger partial charge is 0.306 e. The van der Waals surface area contributed by atoms with Crippen molar-refractivity contribution in [1.29, 1.82) is 0 Å². The van der Waals surface area contributed by atoms with Crippen molar-refractivity contribution >= 4 is 23.6 Å². The summed E-state index contributed by atoms with van der Waals surface area (Å²) < 4.78 is 10.2. The van der Waals surface area contributed by atoms with Gasteiger partial charge in [0.2, 0.25) is 5.91 Å².